The molecule has 0 aliphatic carbocycles. The second-order valence-electron chi connectivity index (χ2n) is 8.41. The van der Waals surface area contributed by atoms with Gasteiger partial charge in [-0.1, -0.05) is 18.2 Å². The lowest BCUT2D eigenvalue weighted by atomic mass is 9.98. The molecular weight excluding hydrogens is 436 g/mol. The van der Waals surface area contributed by atoms with Crippen LogP contribution in [-0.4, -0.2) is 57.5 Å². The average Bonchev–Trinajstić information content (AvgIpc) is 3.25. The van der Waals surface area contributed by atoms with E-state index >= 15 is 0 Å². The van der Waals surface area contributed by atoms with Crippen molar-refractivity contribution in [1.82, 2.24) is 19.2 Å². The molecule has 1 aromatic carbocycles. The standard InChI is InChI=1S/C25H30N4O5/c1-4-33-24(31)17-9-8-12-28(15-17)16-22-19(25(32)34-5-2)14-26-29(22)21-13-23(30)27(3)20-11-7-6-10-18(20)21/h6-7,10-11,13-14,17H,4-5,8-9,12,15-16H2,1-3H3/t17-/m0/s1. The maximum Gasteiger partial charge on any atom is 0.341 e. The summed E-state index contributed by atoms with van der Waals surface area (Å²) in [6.07, 6.45) is 3.12. The summed E-state index contributed by atoms with van der Waals surface area (Å²) < 4.78 is 13.8. The third kappa shape index (κ3) is 4.61. The maximum absolute atomic E-state index is 12.8. The summed E-state index contributed by atoms with van der Waals surface area (Å²) in [5.41, 5.74) is 2.17. The Kier molecular flexibility index (Phi) is 7.12. The summed E-state index contributed by atoms with van der Waals surface area (Å²) in [6, 6.07) is 9.12. The first-order valence-electron chi connectivity index (χ1n) is 11.7. The van der Waals surface area contributed by atoms with E-state index in [2.05, 4.69) is 10.00 Å². The Morgan fingerprint density at radius 1 is 1.15 bits per heavy atom. The second kappa shape index (κ2) is 10.2. The molecular formula is C25H30N4O5. The van der Waals surface area contributed by atoms with Crippen LogP contribution in [0.5, 0.6) is 0 Å². The second-order valence-corrected chi connectivity index (χ2v) is 8.41. The minimum Gasteiger partial charge on any atom is -0.466 e. The van der Waals surface area contributed by atoms with Crippen LogP contribution in [0.2, 0.25) is 0 Å². The van der Waals surface area contributed by atoms with Crippen molar-refractivity contribution in [2.75, 3.05) is 26.3 Å². The molecule has 9 heteroatoms. The van der Waals surface area contributed by atoms with Crippen LogP contribution in [0, 0.1) is 5.92 Å². The monoisotopic (exact) mass is 466 g/mol. The van der Waals surface area contributed by atoms with E-state index in [1.165, 1.54) is 12.3 Å². The highest BCUT2D eigenvalue weighted by molar-refractivity contribution is 5.92. The third-order valence-electron chi connectivity index (χ3n) is 6.22. The molecule has 180 valence electrons. The first-order valence-corrected chi connectivity index (χ1v) is 11.7. The maximum atomic E-state index is 12.8. The third-order valence-corrected chi connectivity index (χ3v) is 6.22. The number of carbonyl (C=O) groups is 2. The van der Waals surface area contributed by atoms with Crippen molar-refractivity contribution in [2.24, 2.45) is 13.0 Å². The average molecular weight is 467 g/mol. The lowest BCUT2D eigenvalue weighted by Crippen LogP contribution is -2.39. The van der Waals surface area contributed by atoms with Crippen molar-refractivity contribution < 1.29 is 19.1 Å². The first-order chi connectivity index (χ1) is 16.4. The Morgan fingerprint density at radius 2 is 1.91 bits per heavy atom. The van der Waals surface area contributed by atoms with Crippen LogP contribution in [-0.2, 0) is 27.9 Å². The number of aromatic nitrogens is 3. The van der Waals surface area contributed by atoms with Gasteiger partial charge in [0, 0.05) is 31.6 Å². The smallest absolute Gasteiger partial charge is 0.341 e. The number of piperidine rings is 1. The molecule has 9 nitrogen and oxygen atoms in total. The van der Waals surface area contributed by atoms with Crippen LogP contribution in [0.25, 0.3) is 16.6 Å². The molecule has 1 fully saturated rings. The molecule has 2 aromatic heterocycles. The number of aryl methyl sites for hydroxylation is 1. The fourth-order valence-corrected chi connectivity index (χ4v) is 4.54. The molecule has 0 bridgehead atoms. The topological polar surface area (TPSA) is 95.7 Å². The number of benzene rings is 1. The van der Waals surface area contributed by atoms with Crippen molar-refractivity contribution in [3.63, 3.8) is 0 Å². The zero-order chi connectivity index (χ0) is 24.2. The van der Waals surface area contributed by atoms with Gasteiger partial charge in [0.15, 0.2) is 0 Å². The minimum atomic E-state index is -0.462. The van der Waals surface area contributed by atoms with E-state index < -0.39 is 5.97 Å². The summed E-state index contributed by atoms with van der Waals surface area (Å²) in [5, 5.41) is 5.35. The highest BCUT2D eigenvalue weighted by atomic mass is 16.5. The molecule has 0 radical (unpaired) electrons. The molecule has 3 heterocycles. The van der Waals surface area contributed by atoms with Crippen molar-refractivity contribution in [3.8, 4) is 5.69 Å². The normalized spacial score (nSPS) is 16.5. The van der Waals surface area contributed by atoms with Gasteiger partial charge in [-0.3, -0.25) is 14.5 Å². The summed E-state index contributed by atoms with van der Waals surface area (Å²) in [7, 11) is 1.73. The Morgan fingerprint density at radius 3 is 2.68 bits per heavy atom. The fourth-order valence-electron chi connectivity index (χ4n) is 4.54. The fraction of sp³-hybridized carbons (Fsp3) is 0.440. The Bertz CT molecular complexity index is 1260. The quantitative estimate of drug-likeness (QED) is 0.494. The zero-order valence-corrected chi connectivity index (χ0v) is 19.8. The zero-order valence-electron chi connectivity index (χ0n) is 19.8. The van der Waals surface area contributed by atoms with Gasteiger partial charge < -0.3 is 14.0 Å². The predicted molar refractivity (Wildman–Crippen MR) is 127 cm³/mol. The Balaban J connectivity index is 1.77. The number of carbonyl (C=O) groups excluding carboxylic acids is 2. The van der Waals surface area contributed by atoms with Crippen molar-refractivity contribution in [1.29, 1.82) is 0 Å². The molecule has 0 spiro atoms. The number of likely N-dealkylation sites (tertiary alicyclic amines) is 1. The number of esters is 2. The molecule has 0 saturated carbocycles. The molecule has 1 aliphatic rings. The van der Waals surface area contributed by atoms with Crippen LogP contribution in [0.1, 0.15) is 42.7 Å². The largest absolute Gasteiger partial charge is 0.466 e. The molecule has 1 aliphatic heterocycles. The first kappa shape index (κ1) is 23.7. The van der Waals surface area contributed by atoms with Crippen LogP contribution in [0.4, 0.5) is 0 Å². The number of nitrogens with zero attached hydrogens (tertiary/aromatic N) is 4. The summed E-state index contributed by atoms with van der Waals surface area (Å²) >= 11 is 0. The van der Waals surface area contributed by atoms with Crippen molar-refractivity contribution >= 4 is 22.8 Å². The van der Waals surface area contributed by atoms with E-state index in [0.717, 1.165) is 30.3 Å². The Labute approximate surface area is 197 Å². The van der Waals surface area contributed by atoms with Crippen LogP contribution < -0.4 is 5.56 Å². The number of ether oxygens (including phenoxy) is 2. The van der Waals surface area contributed by atoms with E-state index in [1.54, 1.807) is 30.1 Å². The van der Waals surface area contributed by atoms with E-state index in [4.69, 9.17) is 9.47 Å². The lowest BCUT2D eigenvalue weighted by molar-refractivity contribution is -0.150. The van der Waals surface area contributed by atoms with Gasteiger partial charge >= 0.3 is 11.9 Å². The molecule has 0 N–H and O–H groups in total. The number of fused-ring (bicyclic) bond motifs is 1. The van der Waals surface area contributed by atoms with Crippen molar-refractivity contribution in [2.45, 2.75) is 33.2 Å². The highest BCUT2D eigenvalue weighted by Crippen LogP contribution is 2.26. The number of pyridine rings is 1. The van der Waals surface area contributed by atoms with E-state index in [1.807, 2.05) is 24.3 Å². The molecule has 4 rings (SSSR count). The van der Waals surface area contributed by atoms with Gasteiger partial charge in [0.1, 0.15) is 5.56 Å². The molecule has 1 atom stereocenters. The number of hydrogen-bond donors (Lipinski definition) is 0. The van der Waals surface area contributed by atoms with Gasteiger partial charge in [0.2, 0.25) is 0 Å². The number of para-hydroxylation sites is 1. The van der Waals surface area contributed by atoms with Gasteiger partial charge in [-0.2, -0.15) is 5.10 Å². The highest BCUT2D eigenvalue weighted by Gasteiger charge is 2.29. The molecule has 34 heavy (non-hydrogen) atoms. The van der Waals surface area contributed by atoms with Gasteiger partial charge in [0.05, 0.1) is 42.2 Å². The number of hydrogen-bond acceptors (Lipinski definition) is 7. The van der Waals surface area contributed by atoms with E-state index in [-0.39, 0.29) is 24.1 Å². The van der Waals surface area contributed by atoms with Gasteiger partial charge in [-0.15, -0.1) is 0 Å². The summed E-state index contributed by atoms with van der Waals surface area (Å²) in [6.45, 7) is 5.85. The molecule has 0 unspecified atom stereocenters. The van der Waals surface area contributed by atoms with Gasteiger partial charge in [0.25, 0.3) is 5.56 Å². The summed E-state index contributed by atoms with van der Waals surface area (Å²) in [4.78, 5) is 39.9. The summed E-state index contributed by atoms with van der Waals surface area (Å²) in [5.74, 6) is -0.860. The van der Waals surface area contributed by atoms with E-state index in [0.29, 0.717) is 36.6 Å². The minimum absolute atomic E-state index is 0.173. The van der Waals surface area contributed by atoms with Crippen molar-refractivity contribution in [3.05, 3.63) is 58.1 Å². The van der Waals surface area contributed by atoms with Gasteiger partial charge in [-0.25, -0.2) is 9.48 Å². The molecule has 0 amide bonds. The number of rotatable bonds is 7. The Hall–Kier alpha value is -3.46. The predicted octanol–water partition coefficient (Wildman–Crippen LogP) is 2.68. The van der Waals surface area contributed by atoms with Gasteiger partial charge in [-0.05, 0) is 39.3 Å². The van der Waals surface area contributed by atoms with Crippen LogP contribution >= 0.6 is 0 Å². The lowest BCUT2D eigenvalue weighted by Gasteiger charge is -2.31. The van der Waals surface area contributed by atoms with Crippen LogP contribution in [0.3, 0.4) is 0 Å². The van der Waals surface area contributed by atoms with Crippen LogP contribution in [0.15, 0.2) is 41.3 Å². The molecule has 1 saturated heterocycles. The molecule has 3 aromatic rings. The SMILES string of the molecule is CCOC(=O)c1cnn(-c2cc(=O)n(C)c3ccccc23)c1CN1CCC[C@H](C(=O)OCC)C1. The van der Waals surface area contributed by atoms with E-state index in [9.17, 15) is 14.4 Å².